The number of aromatic amines is 1. The second kappa shape index (κ2) is 4.35. The van der Waals surface area contributed by atoms with Crippen molar-refractivity contribution in [3.8, 4) is 0 Å². The first-order valence-electron chi connectivity index (χ1n) is 5.16. The van der Waals surface area contributed by atoms with Crippen LogP contribution in [0, 0.1) is 19.7 Å². The summed E-state index contributed by atoms with van der Waals surface area (Å²) in [5, 5.41) is 10.3. The molecule has 2 N–H and O–H groups in total. The molecule has 0 bridgehead atoms. The Balaban J connectivity index is 2.05. The molecule has 84 valence electrons. The summed E-state index contributed by atoms with van der Waals surface area (Å²) in [4.78, 5) is 0. The Labute approximate surface area is 93.7 Å². The minimum absolute atomic E-state index is 0.221. The molecule has 2 aromatic rings. The number of anilines is 1. The van der Waals surface area contributed by atoms with Crippen molar-refractivity contribution in [2.24, 2.45) is 0 Å². The molecule has 0 amide bonds. The van der Waals surface area contributed by atoms with Crippen molar-refractivity contribution >= 4 is 5.69 Å². The molecular weight excluding hydrogens is 205 g/mol. The van der Waals surface area contributed by atoms with Gasteiger partial charge < -0.3 is 5.32 Å². The second-order valence-electron chi connectivity index (χ2n) is 3.77. The molecule has 0 atom stereocenters. The summed E-state index contributed by atoms with van der Waals surface area (Å²) in [7, 11) is 0. The van der Waals surface area contributed by atoms with Crippen LogP contribution in [0.15, 0.2) is 24.3 Å². The number of hydrogen-bond donors (Lipinski definition) is 2. The van der Waals surface area contributed by atoms with Crippen molar-refractivity contribution in [2.45, 2.75) is 20.4 Å². The highest BCUT2D eigenvalue weighted by molar-refractivity contribution is 5.44. The maximum atomic E-state index is 12.7. The van der Waals surface area contributed by atoms with Gasteiger partial charge in [-0.2, -0.15) is 5.10 Å². The zero-order valence-corrected chi connectivity index (χ0v) is 9.34. The molecule has 0 aliphatic rings. The van der Waals surface area contributed by atoms with Gasteiger partial charge in [-0.3, -0.25) is 5.10 Å². The van der Waals surface area contributed by atoms with Crippen LogP contribution in [-0.2, 0) is 6.54 Å². The zero-order chi connectivity index (χ0) is 11.5. The third-order valence-electron chi connectivity index (χ3n) is 2.59. The average molecular weight is 219 g/mol. The Hall–Kier alpha value is -1.84. The van der Waals surface area contributed by atoms with Crippen LogP contribution >= 0.6 is 0 Å². The van der Waals surface area contributed by atoms with E-state index >= 15 is 0 Å². The highest BCUT2D eigenvalue weighted by Gasteiger charge is 2.05. The quantitative estimate of drug-likeness (QED) is 0.833. The lowest BCUT2D eigenvalue weighted by atomic mass is 10.2. The van der Waals surface area contributed by atoms with E-state index in [1.165, 1.54) is 12.1 Å². The van der Waals surface area contributed by atoms with Gasteiger partial charge in [0.15, 0.2) is 0 Å². The molecule has 3 nitrogen and oxygen atoms in total. The van der Waals surface area contributed by atoms with Crippen LogP contribution in [0.25, 0.3) is 0 Å². The van der Waals surface area contributed by atoms with Gasteiger partial charge in [-0.25, -0.2) is 4.39 Å². The van der Waals surface area contributed by atoms with Gasteiger partial charge in [0.1, 0.15) is 5.82 Å². The Morgan fingerprint density at radius 3 is 2.50 bits per heavy atom. The lowest BCUT2D eigenvalue weighted by Crippen LogP contribution is -2.01. The third-order valence-corrected chi connectivity index (χ3v) is 2.59. The summed E-state index contributed by atoms with van der Waals surface area (Å²) in [6.45, 7) is 4.65. The van der Waals surface area contributed by atoms with E-state index in [9.17, 15) is 4.39 Å². The maximum absolute atomic E-state index is 12.7. The summed E-state index contributed by atoms with van der Waals surface area (Å²) in [6, 6.07) is 6.33. The number of nitrogens with zero attached hydrogens (tertiary/aromatic N) is 1. The topological polar surface area (TPSA) is 40.7 Å². The summed E-state index contributed by atoms with van der Waals surface area (Å²) >= 11 is 0. The Kier molecular flexibility index (Phi) is 2.90. The van der Waals surface area contributed by atoms with Crippen molar-refractivity contribution in [1.82, 2.24) is 10.2 Å². The molecule has 0 aliphatic heterocycles. The Morgan fingerprint density at radius 2 is 1.94 bits per heavy atom. The van der Waals surface area contributed by atoms with Gasteiger partial charge in [0.05, 0.1) is 5.69 Å². The highest BCUT2D eigenvalue weighted by atomic mass is 19.1. The molecule has 0 saturated heterocycles. The molecule has 0 spiro atoms. The number of rotatable bonds is 3. The summed E-state index contributed by atoms with van der Waals surface area (Å²) in [5.41, 5.74) is 4.12. The largest absolute Gasteiger partial charge is 0.381 e. The minimum Gasteiger partial charge on any atom is -0.381 e. The number of benzene rings is 1. The molecule has 16 heavy (non-hydrogen) atoms. The molecule has 0 fully saturated rings. The number of H-pyrrole nitrogens is 1. The van der Waals surface area contributed by atoms with Crippen molar-refractivity contribution < 1.29 is 4.39 Å². The van der Waals surface area contributed by atoms with Crippen LogP contribution in [-0.4, -0.2) is 10.2 Å². The summed E-state index contributed by atoms with van der Waals surface area (Å²) in [6.07, 6.45) is 0. The van der Waals surface area contributed by atoms with E-state index in [0.717, 1.165) is 22.6 Å². The third kappa shape index (κ3) is 2.21. The fraction of sp³-hybridized carbons (Fsp3) is 0.250. The normalized spacial score (nSPS) is 10.4. The van der Waals surface area contributed by atoms with Crippen LogP contribution < -0.4 is 5.32 Å². The zero-order valence-electron chi connectivity index (χ0n) is 9.34. The van der Waals surface area contributed by atoms with Crippen LogP contribution in [0.1, 0.15) is 17.0 Å². The fourth-order valence-electron chi connectivity index (χ4n) is 1.59. The Morgan fingerprint density at radius 1 is 1.25 bits per heavy atom. The van der Waals surface area contributed by atoms with Crippen molar-refractivity contribution in [3.05, 3.63) is 47.0 Å². The molecule has 1 aromatic carbocycles. The molecule has 2 rings (SSSR count). The number of halogens is 1. The molecular formula is C12H14FN3. The lowest BCUT2D eigenvalue weighted by molar-refractivity contribution is 0.628. The second-order valence-corrected chi connectivity index (χ2v) is 3.77. The number of hydrogen-bond acceptors (Lipinski definition) is 2. The van der Waals surface area contributed by atoms with E-state index in [-0.39, 0.29) is 5.82 Å². The first-order valence-corrected chi connectivity index (χ1v) is 5.16. The van der Waals surface area contributed by atoms with Crippen LogP contribution in [0.4, 0.5) is 10.1 Å². The minimum atomic E-state index is -0.221. The van der Waals surface area contributed by atoms with Gasteiger partial charge in [-0.15, -0.1) is 0 Å². The predicted molar refractivity (Wildman–Crippen MR) is 61.8 cm³/mol. The average Bonchev–Trinajstić information content (AvgIpc) is 2.59. The van der Waals surface area contributed by atoms with Crippen LogP contribution in [0.5, 0.6) is 0 Å². The predicted octanol–water partition coefficient (Wildman–Crippen LogP) is 2.78. The molecule has 0 aliphatic carbocycles. The van der Waals surface area contributed by atoms with Gasteiger partial charge in [0, 0.05) is 23.5 Å². The van der Waals surface area contributed by atoms with Crippen LogP contribution in [0.3, 0.4) is 0 Å². The van der Waals surface area contributed by atoms with E-state index < -0.39 is 0 Å². The summed E-state index contributed by atoms with van der Waals surface area (Å²) in [5.74, 6) is -0.221. The molecule has 0 radical (unpaired) electrons. The van der Waals surface area contributed by atoms with Gasteiger partial charge in [-0.05, 0) is 38.1 Å². The van der Waals surface area contributed by atoms with E-state index in [1.54, 1.807) is 12.1 Å². The Bertz CT molecular complexity index is 454. The molecule has 1 heterocycles. The number of aryl methyl sites for hydroxylation is 2. The molecule has 1 aromatic heterocycles. The van der Waals surface area contributed by atoms with Crippen LogP contribution in [0.2, 0.25) is 0 Å². The van der Waals surface area contributed by atoms with Gasteiger partial charge in [-0.1, -0.05) is 0 Å². The molecule has 4 heteroatoms. The van der Waals surface area contributed by atoms with E-state index in [4.69, 9.17) is 0 Å². The van der Waals surface area contributed by atoms with E-state index in [2.05, 4.69) is 15.5 Å². The number of aromatic nitrogens is 2. The van der Waals surface area contributed by atoms with E-state index in [0.29, 0.717) is 6.54 Å². The molecule has 0 unspecified atom stereocenters. The van der Waals surface area contributed by atoms with Gasteiger partial charge in [0.2, 0.25) is 0 Å². The fourth-order valence-corrected chi connectivity index (χ4v) is 1.59. The standard InChI is InChI=1S/C12H14FN3/c1-8-12(9(2)16-15-8)7-14-11-5-3-10(13)4-6-11/h3-6,14H,7H2,1-2H3,(H,15,16). The van der Waals surface area contributed by atoms with E-state index in [1.807, 2.05) is 13.8 Å². The monoisotopic (exact) mass is 219 g/mol. The molecule has 0 saturated carbocycles. The smallest absolute Gasteiger partial charge is 0.123 e. The maximum Gasteiger partial charge on any atom is 0.123 e. The highest BCUT2D eigenvalue weighted by Crippen LogP contribution is 2.13. The first-order chi connectivity index (χ1) is 7.66. The first kappa shape index (κ1) is 10.7. The van der Waals surface area contributed by atoms with Crippen molar-refractivity contribution in [1.29, 1.82) is 0 Å². The van der Waals surface area contributed by atoms with Gasteiger partial charge in [0.25, 0.3) is 0 Å². The SMILES string of the molecule is Cc1n[nH]c(C)c1CNc1ccc(F)cc1. The lowest BCUT2D eigenvalue weighted by Gasteiger charge is -2.06. The van der Waals surface area contributed by atoms with Crippen molar-refractivity contribution in [3.63, 3.8) is 0 Å². The van der Waals surface area contributed by atoms with Crippen molar-refractivity contribution in [2.75, 3.05) is 5.32 Å². The summed E-state index contributed by atoms with van der Waals surface area (Å²) < 4.78 is 12.7. The van der Waals surface area contributed by atoms with Gasteiger partial charge >= 0.3 is 0 Å². The number of nitrogens with one attached hydrogen (secondary N) is 2.